The first-order valence-electron chi connectivity index (χ1n) is 9.50. The van der Waals surface area contributed by atoms with Crippen LogP contribution in [0.15, 0.2) is 29.3 Å². The van der Waals surface area contributed by atoms with E-state index in [9.17, 15) is 0 Å². The Morgan fingerprint density at radius 1 is 1.31 bits per heavy atom. The van der Waals surface area contributed by atoms with E-state index >= 15 is 0 Å². The van der Waals surface area contributed by atoms with Crippen molar-refractivity contribution in [2.75, 3.05) is 26.7 Å². The SMILES string of the molecule is CN=C(NCC1(c2cccc(Cl)c2)CC1)NC1CCN(C(C)C)CC1.I. The van der Waals surface area contributed by atoms with E-state index in [0.29, 0.717) is 12.1 Å². The maximum atomic E-state index is 6.17. The zero-order valence-corrected chi connectivity index (χ0v) is 19.2. The van der Waals surface area contributed by atoms with Crippen molar-refractivity contribution < 1.29 is 0 Å². The summed E-state index contributed by atoms with van der Waals surface area (Å²) in [7, 11) is 1.86. The molecule has 1 saturated heterocycles. The molecule has 2 fully saturated rings. The summed E-state index contributed by atoms with van der Waals surface area (Å²) in [5, 5.41) is 7.99. The largest absolute Gasteiger partial charge is 0.356 e. The molecule has 146 valence electrons. The molecular weight excluding hydrogens is 459 g/mol. The van der Waals surface area contributed by atoms with E-state index in [1.165, 1.54) is 44.3 Å². The monoisotopic (exact) mass is 490 g/mol. The first-order chi connectivity index (χ1) is 12.0. The van der Waals surface area contributed by atoms with Gasteiger partial charge >= 0.3 is 0 Å². The maximum Gasteiger partial charge on any atom is 0.191 e. The molecular formula is C20H32ClIN4. The average molecular weight is 491 g/mol. The quantitative estimate of drug-likeness (QED) is 0.372. The predicted molar refractivity (Wildman–Crippen MR) is 122 cm³/mol. The van der Waals surface area contributed by atoms with Gasteiger partial charge in [-0.25, -0.2) is 0 Å². The summed E-state index contributed by atoms with van der Waals surface area (Å²) in [5.41, 5.74) is 1.57. The lowest BCUT2D eigenvalue weighted by atomic mass is 9.96. The first-order valence-corrected chi connectivity index (χ1v) is 9.87. The molecule has 1 aromatic rings. The minimum atomic E-state index is 0. The van der Waals surface area contributed by atoms with Crippen LogP contribution in [0.1, 0.15) is 45.1 Å². The highest BCUT2D eigenvalue weighted by molar-refractivity contribution is 14.0. The number of hydrogen-bond donors (Lipinski definition) is 2. The smallest absolute Gasteiger partial charge is 0.191 e. The highest BCUT2D eigenvalue weighted by atomic mass is 127. The number of likely N-dealkylation sites (tertiary alicyclic amines) is 1. The van der Waals surface area contributed by atoms with Crippen LogP contribution >= 0.6 is 35.6 Å². The second-order valence-corrected chi connectivity index (χ2v) is 8.20. The predicted octanol–water partition coefficient (Wildman–Crippen LogP) is 4.03. The van der Waals surface area contributed by atoms with E-state index in [1.54, 1.807) is 0 Å². The Morgan fingerprint density at radius 2 is 2.00 bits per heavy atom. The fraction of sp³-hybridized carbons (Fsp3) is 0.650. The number of nitrogens with zero attached hydrogens (tertiary/aromatic N) is 2. The molecule has 0 aromatic heterocycles. The minimum absolute atomic E-state index is 0. The molecule has 2 aliphatic rings. The van der Waals surface area contributed by atoms with Gasteiger partial charge in [0.15, 0.2) is 5.96 Å². The van der Waals surface area contributed by atoms with Crippen molar-refractivity contribution in [3.05, 3.63) is 34.9 Å². The maximum absolute atomic E-state index is 6.17. The van der Waals surface area contributed by atoms with Crippen molar-refractivity contribution in [1.29, 1.82) is 0 Å². The van der Waals surface area contributed by atoms with Crippen molar-refractivity contribution in [3.8, 4) is 0 Å². The number of rotatable bonds is 5. The molecule has 0 amide bonds. The van der Waals surface area contributed by atoms with E-state index < -0.39 is 0 Å². The summed E-state index contributed by atoms with van der Waals surface area (Å²) in [6.07, 6.45) is 4.78. The van der Waals surface area contributed by atoms with Crippen LogP contribution in [0, 0.1) is 0 Å². The summed E-state index contributed by atoms with van der Waals surface area (Å²) in [5.74, 6) is 0.927. The van der Waals surface area contributed by atoms with Gasteiger partial charge in [-0.05, 0) is 57.2 Å². The van der Waals surface area contributed by atoms with Crippen molar-refractivity contribution in [1.82, 2.24) is 15.5 Å². The van der Waals surface area contributed by atoms with Gasteiger partial charge in [-0.1, -0.05) is 23.7 Å². The van der Waals surface area contributed by atoms with Crippen LogP contribution in [0.5, 0.6) is 0 Å². The number of halogens is 2. The van der Waals surface area contributed by atoms with Gasteiger partial charge in [0, 0.05) is 49.2 Å². The van der Waals surface area contributed by atoms with Crippen LogP contribution < -0.4 is 10.6 Å². The van der Waals surface area contributed by atoms with Gasteiger partial charge in [0.05, 0.1) is 0 Å². The van der Waals surface area contributed by atoms with E-state index in [-0.39, 0.29) is 29.4 Å². The molecule has 3 rings (SSSR count). The third-order valence-electron chi connectivity index (χ3n) is 5.71. The molecule has 0 bridgehead atoms. The molecule has 26 heavy (non-hydrogen) atoms. The molecule has 4 nitrogen and oxygen atoms in total. The lowest BCUT2D eigenvalue weighted by Gasteiger charge is -2.35. The van der Waals surface area contributed by atoms with E-state index in [2.05, 4.69) is 46.5 Å². The van der Waals surface area contributed by atoms with Gasteiger partial charge in [0.25, 0.3) is 0 Å². The second kappa shape index (κ2) is 9.60. The number of benzene rings is 1. The molecule has 0 radical (unpaired) electrons. The second-order valence-electron chi connectivity index (χ2n) is 7.76. The first kappa shape index (κ1) is 21.8. The van der Waals surface area contributed by atoms with Gasteiger partial charge in [-0.3, -0.25) is 4.99 Å². The summed E-state index contributed by atoms with van der Waals surface area (Å²) in [6.45, 7) is 7.80. The average Bonchev–Trinajstić information content (AvgIpc) is 3.40. The summed E-state index contributed by atoms with van der Waals surface area (Å²) < 4.78 is 0. The highest BCUT2D eigenvalue weighted by Crippen LogP contribution is 2.48. The standard InChI is InChI=1S/C20H31ClN4.HI/c1-15(2)25-11-7-18(8-12-25)24-19(22-3)23-14-20(9-10-20)16-5-4-6-17(21)13-16;/h4-6,13,15,18H,7-12,14H2,1-3H3,(H2,22,23,24);1H. The number of hydrogen-bond acceptors (Lipinski definition) is 2. The Bertz CT molecular complexity index is 608. The van der Waals surface area contributed by atoms with Crippen LogP contribution in [0.25, 0.3) is 0 Å². The molecule has 1 saturated carbocycles. The molecule has 0 atom stereocenters. The summed E-state index contributed by atoms with van der Waals surface area (Å²) in [4.78, 5) is 6.98. The van der Waals surface area contributed by atoms with E-state index in [0.717, 1.165) is 17.5 Å². The van der Waals surface area contributed by atoms with E-state index in [4.69, 9.17) is 11.6 Å². The Hall–Kier alpha value is -0.530. The van der Waals surface area contributed by atoms with Gasteiger partial charge in [0.2, 0.25) is 0 Å². The van der Waals surface area contributed by atoms with Crippen LogP contribution in [-0.2, 0) is 5.41 Å². The summed E-state index contributed by atoms with van der Waals surface area (Å²) >= 11 is 6.17. The van der Waals surface area contributed by atoms with Gasteiger partial charge in [-0.15, -0.1) is 24.0 Å². The van der Waals surface area contributed by atoms with Crippen molar-refractivity contribution >= 4 is 41.5 Å². The molecule has 2 N–H and O–H groups in total. The molecule has 1 aromatic carbocycles. The Balaban J connectivity index is 0.00000243. The van der Waals surface area contributed by atoms with Crippen molar-refractivity contribution in [2.45, 2.75) is 57.0 Å². The van der Waals surface area contributed by atoms with Gasteiger partial charge < -0.3 is 15.5 Å². The number of guanidine groups is 1. The summed E-state index contributed by atoms with van der Waals surface area (Å²) in [6, 6.07) is 9.45. The topological polar surface area (TPSA) is 39.7 Å². The normalized spacial score (nSPS) is 20.6. The fourth-order valence-electron chi connectivity index (χ4n) is 3.74. The van der Waals surface area contributed by atoms with Crippen LogP contribution in [-0.4, -0.2) is 49.6 Å². The zero-order valence-electron chi connectivity index (χ0n) is 16.1. The number of piperidine rings is 1. The minimum Gasteiger partial charge on any atom is -0.356 e. The van der Waals surface area contributed by atoms with Crippen molar-refractivity contribution in [3.63, 3.8) is 0 Å². The molecule has 0 spiro atoms. The molecule has 1 aliphatic carbocycles. The Morgan fingerprint density at radius 3 is 2.54 bits per heavy atom. The third kappa shape index (κ3) is 5.49. The molecule has 1 heterocycles. The molecule has 0 unspecified atom stereocenters. The van der Waals surface area contributed by atoms with Crippen LogP contribution in [0.4, 0.5) is 0 Å². The fourth-order valence-corrected chi connectivity index (χ4v) is 3.93. The van der Waals surface area contributed by atoms with Crippen LogP contribution in [0.3, 0.4) is 0 Å². The highest BCUT2D eigenvalue weighted by Gasteiger charge is 2.44. The van der Waals surface area contributed by atoms with E-state index in [1.807, 2.05) is 19.2 Å². The zero-order chi connectivity index (χ0) is 17.9. The molecule has 6 heteroatoms. The number of aliphatic imine (C=N–C) groups is 1. The molecule has 1 aliphatic heterocycles. The van der Waals surface area contributed by atoms with Gasteiger partial charge in [-0.2, -0.15) is 0 Å². The number of nitrogens with one attached hydrogen (secondary N) is 2. The van der Waals surface area contributed by atoms with Gasteiger partial charge in [0.1, 0.15) is 0 Å². The Labute approximate surface area is 180 Å². The van der Waals surface area contributed by atoms with Crippen LogP contribution in [0.2, 0.25) is 5.02 Å². The van der Waals surface area contributed by atoms with Crippen molar-refractivity contribution in [2.24, 2.45) is 4.99 Å². The lowest BCUT2D eigenvalue weighted by molar-refractivity contribution is 0.167. The Kier molecular flexibility index (Phi) is 8.04. The lowest BCUT2D eigenvalue weighted by Crippen LogP contribution is -2.50. The third-order valence-corrected chi connectivity index (χ3v) is 5.94.